The van der Waals surface area contributed by atoms with Crippen LogP contribution in [-0.2, 0) is 4.79 Å². The smallest absolute Gasteiger partial charge is 0.123 e. The molecule has 22 heavy (non-hydrogen) atoms. The Morgan fingerprint density at radius 3 is 2.45 bits per heavy atom. The highest BCUT2D eigenvalue weighted by Crippen LogP contribution is 2.72. The highest BCUT2D eigenvalue weighted by molar-refractivity contribution is 5.55. The first kappa shape index (κ1) is 15.2. The van der Waals surface area contributed by atoms with Crippen LogP contribution in [0.3, 0.4) is 0 Å². The van der Waals surface area contributed by atoms with Crippen LogP contribution in [0.2, 0.25) is 0 Å². The molecule has 4 rings (SSSR count). The second-order valence-electron chi connectivity index (χ2n) is 9.93. The van der Waals surface area contributed by atoms with E-state index in [0.29, 0.717) is 28.6 Å². The second kappa shape index (κ2) is 4.59. The molecule has 2 bridgehead atoms. The van der Waals surface area contributed by atoms with Crippen molar-refractivity contribution >= 4 is 6.29 Å². The van der Waals surface area contributed by atoms with E-state index < -0.39 is 0 Å². The van der Waals surface area contributed by atoms with Crippen LogP contribution in [0.25, 0.3) is 0 Å². The third-order valence-electron chi connectivity index (χ3n) is 8.89. The molecule has 0 aromatic carbocycles. The van der Waals surface area contributed by atoms with E-state index in [4.69, 9.17) is 0 Å². The summed E-state index contributed by atoms with van der Waals surface area (Å²) in [5.41, 5.74) is 0.885. The molecule has 4 saturated carbocycles. The molecule has 1 N–H and O–H groups in total. The normalized spacial score (nSPS) is 56.1. The quantitative estimate of drug-likeness (QED) is 0.737. The summed E-state index contributed by atoms with van der Waals surface area (Å²) in [6, 6.07) is 0. The number of carbonyl (C=O) groups is 1. The average molecular weight is 304 g/mol. The largest absolute Gasteiger partial charge is 0.393 e. The topological polar surface area (TPSA) is 37.3 Å². The molecular weight excluding hydrogens is 272 g/mol. The molecule has 4 fully saturated rings. The van der Waals surface area contributed by atoms with Gasteiger partial charge in [-0.15, -0.1) is 0 Å². The van der Waals surface area contributed by atoms with Gasteiger partial charge in [-0.2, -0.15) is 0 Å². The van der Waals surface area contributed by atoms with Gasteiger partial charge in [-0.3, -0.25) is 0 Å². The molecule has 7 atom stereocenters. The Balaban J connectivity index is 1.71. The molecule has 1 spiro atoms. The lowest BCUT2D eigenvalue weighted by molar-refractivity contribution is -0.180. The van der Waals surface area contributed by atoms with Gasteiger partial charge in [0.25, 0.3) is 0 Å². The average Bonchev–Trinajstić information content (AvgIpc) is 2.74. The Kier molecular flexibility index (Phi) is 3.16. The first-order valence-corrected chi connectivity index (χ1v) is 9.47. The molecule has 2 nitrogen and oxygen atoms in total. The monoisotopic (exact) mass is 304 g/mol. The molecule has 0 heterocycles. The van der Waals surface area contributed by atoms with Gasteiger partial charge in [-0.25, -0.2) is 0 Å². The zero-order valence-corrected chi connectivity index (χ0v) is 14.5. The van der Waals surface area contributed by atoms with Crippen LogP contribution in [0.15, 0.2) is 0 Å². The molecule has 0 amide bonds. The summed E-state index contributed by atoms with van der Waals surface area (Å²) in [7, 11) is 0. The first-order chi connectivity index (χ1) is 10.3. The van der Waals surface area contributed by atoms with Gasteiger partial charge in [-0.05, 0) is 85.4 Å². The van der Waals surface area contributed by atoms with Crippen LogP contribution in [0.4, 0.5) is 0 Å². The number of hydrogen-bond donors (Lipinski definition) is 1. The fourth-order valence-corrected chi connectivity index (χ4v) is 7.87. The molecule has 0 aromatic heterocycles. The van der Waals surface area contributed by atoms with Gasteiger partial charge in [-0.1, -0.05) is 20.8 Å². The van der Waals surface area contributed by atoms with E-state index in [1.54, 1.807) is 0 Å². The van der Waals surface area contributed by atoms with E-state index in [-0.39, 0.29) is 11.5 Å². The highest BCUT2D eigenvalue weighted by Gasteiger charge is 2.65. The Morgan fingerprint density at radius 2 is 1.73 bits per heavy atom. The third-order valence-corrected chi connectivity index (χ3v) is 8.89. The summed E-state index contributed by atoms with van der Waals surface area (Å²) in [5, 5.41) is 10.5. The number of aliphatic hydroxyl groups is 1. The molecule has 2 heteroatoms. The van der Waals surface area contributed by atoms with Crippen molar-refractivity contribution in [2.24, 2.45) is 39.9 Å². The summed E-state index contributed by atoms with van der Waals surface area (Å²) in [6.07, 6.45) is 10.9. The van der Waals surface area contributed by atoms with Crippen molar-refractivity contribution in [2.75, 3.05) is 0 Å². The van der Waals surface area contributed by atoms with Crippen LogP contribution in [0.1, 0.15) is 72.1 Å². The van der Waals surface area contributed by atoms with E-state index in [1.165, 1.54) is 44.8 Å². The predicted octanol–water partition coefficient (Wildman–Crippen LogP) is 4.21. The van der Waals surface area contributed by atoms with E-state index in [2.05, 4.69) is 20.8 Å². The van der Waals surface area contributed by atoms with Crippen molar-refractivity contribution < 1.29 is 9.90 Å². The Labute approximate surface area is 135 Å². The highest BCUT2D eigenvalue weighted by atomic mass is 16.3. The summed E-state index contributed by atoms with van der Waals surface area (Å²) >= 11 is 0. The Morgan fingerprint density at radius 1 is 0.955 bits per heavy atom. The number of rotatable bonds is 1. The molecule has 0 aliphatic heterocycles. The Bertz CT molecular complexity index is 484. The zero-order valence-electron chi connectivity index (χ0n) is 14.5. The van der Waals surface area contributed by atoms with Crippen molar-refractivity contribution in [2.45, 2.75) is 78.2 Å². The van der Waals surface area contributed by atoms with Crippen LogP contribution in [-0.4, -0.2) is 17.5 Å². The number of carbonyl (C=O) groups excluding carboxylic acids is 1. The zero-order chi connectivity index (χ0) is 15.8. The van der Waals surface area contributed by atoms with Crippen molar-refractivity contribution in [3.05, 3.63) is 0 Å². The van der Waals surface area contributed by atoms with Gasteiger partial charge in [0, 0.05) is 5.92 Å². The second-order valence-corrected chi connectivity index (χ2v) is 9.93. The van der Waals surface area contributed by atoms with Gasteiger partial charge in [0.1, 0.15) is 6.29 Å². The van der Waals surface area contributed by atoms with Crippen molar-refractivity contribution in [3.8, 4) is 0 Å². The molecule has 0 saturated heterocycles. The molecule has 4 aliphatic carbocycles. The number of aldehydes is 1. The molecule has 0 radical (unpaired) electrons. The van der Waals surface area contributed by atoms with Gasteiger partial charge in [0.15, 0.2) is 0 Å². The molecule has 0 aromatic rings. The van der Waals surface area contributed by atoms with Crippen molar-refractivity contribution in [1.29, 1.82) is 0 Å². The molecule has 124 valence electrons. The van der Waals surface area contributed by atoms with Crippen LogP contribution >= 0.6 is 0 Å². The van der Waals surface area contributed by atoms with Gasteiger partial charge in [0.2, 0.25) is 0 Å². The lowest BCUT2D eigenvalue weighted by Crippen LogP contribution is -2.59. The minimum Gasteiger partial charge on any atom is -0.393 e. The summed E-state index contributed by atoms with van der Waals surface area (Å²) in [5.74, 6) is 2.45. The third kappa shape index (κ3) is 1.74. The molecule has 0 unspecified atom stereocenters. The van der Waals surface area contributed by atoms with Gasteiger partial charge < -0.3 is 9.90 Å². The predicted molar refractivity (Wildman–Crippen MR) is 87.3 cm³/mol. The maximum Gasteiger partial charge on any atom is 0.123 e. The van der Waals surface area contributed by atoms with Crippen molar-refractivity contribution in [1.82, 2.24) is 0 Å². The number of aliphatic hydroxyl groups excluding tert-OH is 1. The lowest BCUT2D eigenvalue weighted by atomic mass is 9.41. The van der Waals surface area contributed by atoms with Crippen LogP contribution < -0.4 is 0 Å². The molecular formula is C20H32O2. The SMILES string of the molecule is CC1(C)[C@H](O)CC[C@]2(C)[C@@H]1CC[C@@]13C[C@@H](CC[C@H]12)[C@H](C=O)C3. The van der Waals surface area contributed by atoms with E-state index in [9.17, 15) is 9.90 Å². The van der Waals surface area contributed by atoms with Crippen LogP contribution in [0, 0.1) is 39.9 Å². The van der Waals surface area contributed by atoms with Gasteiger partial charge in [0.05, 0.1) is 6.10 Å². The maximum absolute atomic E-state index is 11.5. The fourth-order valence-electron chi connectivity index (χ4n) is 7.87. The fraction of sp³-hybridized carbons (Fsp3) is 0.950. The van der Waals surface area contributed by atoms with Crippen LogP contribution in [0.5, 0.6) is 0 Å². The van der Waals surface area contributed by atoms with Crippen molar-refractivity contribution in [3.63, 3.8) is 0 Å². The first-order valence-electron chi connectivity index (χ1n) is 9.47. The maximum atomic E-state index is 11.5. The minimum atomic E-state index is -0.137. The lowest BCUT2D eigenvalue weighted by Gasteiger charge is -2.64. The van der Waals surface area contributed by atoms with Gasteiger partial charge >= 0.3 is 0 Å². The number of fused-ring (bicyclic) bond motifs is 3. The molecule has 4 aliphatic rings. The summed E-state index contributed by atoms with van der Waals surface area (Å²) in [6.45, 7) is 7.13. The van der Waals surface area contributed by atoms with E-state index in [0.717, 1.165) is 18.8 Å². The summed E-state index contributed by atoms with van der Waals surface area (Å²) in [4.78, 5) is 11.5. The Hall–Kier alpha value is -0.370. The number of hydrogen-bond acceptors (Lipinski definition) is 2. The summed E-state index contributed by atoms with van der Waals surface area (Å²) < 4.78 is 0. The van der Waals surface area contributed by atoms with E-state index in [1.807, 2.05) is 0 Å². The minimum absolute atomic E-state index is 0.0497. The van der Waals surface area contributed by atoms with E-state index >= 15 is 0 Å². The standard InChI is InChI=1S/C20H32O2/c1-18(2)15-6-9-20-10-13(14(11-20)12-21)4-5-16(20)19(15,3)8-7-17(18)22/h12-17,22H,4-11H2,1-3H3/t13-,14+,15-,16+,17-,19-,20+/m1/s1.